The fourth-order valence-electron chi connectivity index (χ4n) is 0.124. The molecule has 0 amide bonds. The summed E-state index contributed by atoms with van der Waals surface area (Å²) in [7, 11) is -4.64. The lowest BCUT2D eigenvalue weighted by molar-refractivity contribution is -0.352. The van der Waals surface area contributed by atoms with Crippen molar-refractivity contribution in [3.05, 3.63) is 0 Å². The van der Waals surface area contributed by atoms with Gasteiger partial charge in [-0.25, -0.2) is 13.3 Å². The Kier molecular flexibility index (Phi) is 5.83. The maximum absolute atomic E-state index is 11.4. The average Bonchev–Trinajstić information content (AvgIpc) is 1.79. The standard InChI is InChI=1S/C3H2F6O.H3O4P/c4-1(5)2(6,10)3(7,8)9;1-5(2,3)4/h1,10H;(H3,1,2,3,4). The van der Waals surface area contributed by atoms with E-state index in [9.17, 15) is 26.3 Å². The number of hydrogen-bond acceptors (Lipinski definition) is 2. The molecule has 0 fully saturated rings. The molecule has 15 heavy (non-hydrogen) atoms. The van der Waals surface area contributed by atoms with E-state index in [1.165, 1.54) is 0 Å². The summed E-state index contributed by atoms with van der Waals surface area (Å²) in [6.45, 7) is 0. The molecular weight excluding hydrogens is 261 g/mol. The highest BCUT2D eigenvalue weighted by molar-refractivity contribution is 7.45. The van der Waals surface area contributed by atoms with Gasteiger partial charge in [0.05, 0.1) is 0 Å². The molecule has 0 radical (unpaired) electrons. The lowest BCUT2D eigenvalue weighted by Gasteiger charge is -2.20. The number of halogens is 6. The van der Waals surface area contributed by atoms with Crippen LogP contribution in [0.25, 0.3) is 0 Å². The maximum atomic E-state index is 11.4. The summed E-state index contributed by atoms with van der Waals surface area (Å²) >= 11 is 0. The van der Waals surface area contributed by atoms with Crippen LogP contribution in [0.3, 0.4) is 0 Å². The second kappa shape index (κ2) is 5.12. The van der Waals surface area contributed by atoms with E-state index >= 15 is 0 Å². The second-order valence-electron chi connectivity index (χ2n) is 1.99. The molecule has 0 aliphatic rings. The SMILES string of the molecule is O=P(O)(O)O.OC(F)(C(F)F)C(F)(F)F. The predicted molar refractivity (Wildman–Crippen MR) is 32.4 cm³/mol. The third-order valence-electron chi connectivity index (χ3n) is 0.687. The van der Waals surface area contributed by atoms with Crippen molar-refractivity contribution in [1.29, 1.82) is 0 Å². The van der Waals surface area contributed by atoms with Gasteiger partial charge >= 0.3 is 26.3 Å². The average molecular weight is 266 g/mol. The van der Waals surface area contributed by atoms with Gasteiger partial charge in [0.1, 0.15) is 0 Å². The first kappa shape index (κ1) is 17.1. The highest BCUT2D eigenvalue weighted by atomic mass is 31.2. The van der Waals surface area contributed by atoms with E-state index in [4.69, 9.17) is 24.4 Å². The summed E-state index contributed by atoms with van der Waals surface area (Å²) in [5, 5.41) is 7.39. The first-order valence-electron chi connectivity index (χ1n) is 2.74. The Balaban J connectivity index is 0. The van der Waals surface area contributed by atoms with Crippen molar-refractivity contribution >= 4 is 7.82 Å². The molecular formula is C3H5F6O5P. The van der Waals surface area contributed by atoms with Crippen molar-refractivity contribution < 1.29 is 50.7 Å². The Labute approximate surface area is 78.2 Å². The van der Waals surface area contributed by atoms with Crippen molar-refractivity contribution in [2.24, 2.45) is 0 Å². The van der Waals surface area contributed by atoms with Crippen LogP contribution in [0.4, 0.5) is 26.3 Å². The Morgan fingerprint density at radius 2 is 1.20 bits per heavy atom. The van der Waals surface area contributed by atoms with Gasteiger partial charge in [-0.15, -0.1) is 0 Å². The second-order valence-corrected chi connectivity index (χ2v) is 3.01. The van der Waals surface area contributed by atoms with Gasteiger partial charge in [-0.2, -0.15) is 17.6 Å². The van der Waals surface area contributed by atoms with Gasteiger partial charge in [0.2, 0.25) is 0 Å². The Hall–Kier alpha value is -0.350. The molecule has 12 heteroatoms. The van der Waals surface area contributed by atoms with E-state index < -0.39 is 26.3 Å². The number of alkyl halides is 6. The fraction of sp³-hybridized carbons (Fsp3) is 1.00. The fourth-order valence-corrected chi connectivity index (χ4v) is 0.124. The zero-order valence-corrected chi connectivity index (χ0v) is 7.38. The Morgan fingerprint density at radius 3 is 1.20 bits per heavy atom. The summed E-state index contributed by atoms with van der Waals surface area (Å²) in [6.07, 6.45) is -10.4. The molecule has 0 aromatic carbocycles. The number of rotatable bonds is 1. The summed E-state index contributed by atoms with van der Waals surface area (Å²) in [5.41, 5.74) is 0. The van der Waals surface area contributed by atoms with Crippen LogP contribution in [0, 0.1) is 0 Å². The van der Waals surface area contributed by atoms with Gasteiger partial charge in [0.25, 0.3) is 0 Å². The normalized spacial score (nSPS) is 16.7. The van der Waals surface area contributed by atoms with Gasteiger partial charge in [0.15, 0.2) is 0 Å². The minimum absolute atomic E-state index is 4.48. The minimum atomic E-state index is -5.94. The van der Waals surface area contributed by atoms with Crippen molar-refractivity contribution in [2.75, 3.05) is 0 Å². The van der Waals surface area contributed by atoms with Crippen LogP contribution >= 0.6 is 7.82 Å². The zero-order valence-electron chi connectivity index (χ0n) is 6.49. The molecule has 94 valence electrons. The summed E-state index contributed by atoms with van der Waals surface area (Å²) in [6, 6.07) is 0. The van der Waals surface area contributed by atoms with E-state index in [1.54, 1.807) is 0 Å². The quantitative estimate of drug-likeness (QED) is 0.410. The van der Waals surface area contributed by atoms with Gasteiger partial charge in [-0.1, -0.05) is 0 Å². The minimum Gasteiger partial charge on any atom is -0.350 e. The maximum Gasteiger partial charge on any atom is 0.466 e. The molecule has 0 rings (SSSR count). The Bertz CT molecular complexity index is 223. The third kappa shape index (κ3) is 8.63. The van der Waals surface area contributed by atoms with E-state index in [1.807, 2.05) is 0 Å². The zero-order chi connectivity index (χ0) is 13.1. The van der Waals surface area contributed by atoms with Crippen molar-refractivity contribution in [3.8, 4) is 0 Å². The van der Waals surface area contributed by atoms with E-state index in [-0.39, 0.29) is 0 Å². The van der Waals surface area contributed by atoms with Gasteiger partial charge < -0.3 is 19.8 Å². The molecule has 0 aromatic heterocycles. The lowest BCUT2D eigenvalue weighted by Crippen LogP contribution is -2.47. The number of aliphatic hydroxyl groups is 1. The van der Waals surface area contributed by atoms with Crippen LogP contribution in [0.15, 0.2) is 0 Å². The summed E-state index contributed by atoms with van der Waals surface area (Å²) < 4.78 is 75.1. The van der Waals surface area contributed by atoms with Gasteiger partial charge in [0, 0.05) is 0 Å². The van der Waals surface area contributed by atoms with E-state index in [0.717, 1.165) is 0 Å². The van der Waals surface area contributed by atoms with Crippen LogP contribution in [0.5, 0.6) is 0 Å². The van der Waals surface area contributed by atoms with Crippen LogP contribution in [-0.2, 0) is 4.57 Å². The Morgan fingerprint density at radius 1 is 1.00 bits per heavy atom. The number of phosphoric acid groups is 1. The molecule has 0 spiro atoms. The van der Waals surface area contributed by atoms with Crippen LogP contribution in [-0.4, -0.2) is 38.2 Å². The molecule has 4 N–H and O–H groups in total. The highest BCUT2D eigenvalue weighted by Gasteiger charge is 2.62. The predicted octanol–water partition coefficient (Wildman–Crippen LogP) is 0.543. The van der Waals surface area contributed by atoms with Gasteiger partial charge in [-0.05, 0) is 0 Å². The summed E-state index contributed by atoms with van der Waals surface area (Å²) in [5.74, 6) is -5.40. The molecule has 0 aromatic rings. The molecule has 0 saturated carbocycles. The van der Waals surface area contributed by atoms with E-state index in [2.05, 4.69) is 0 Å². The molecule has 0 aliphatic carbocycles. The molecule has 0 heterocycles. The van der Waals surface area contributed by atoms with Crippen molar-refractivity contribution in [2.45, 2.75) is 18.5 Å². The molecule has 0 saturated heterocycles. The van der Waals surface area contributed by atoms with Crippen LogP contribution in [0.1, 0.15) is 0 Å². The first-order valence-corrected chi connectivity index (χ1v) is 4.30. The topological polar surface area (TPSA) is 98.0 Å². The number of hydrogen-bond donors (Lipinski definition) is 4. The van der Waals surface area contributed by atoms with E-state index in [0.29, 0.717) is 0 Å². The lowest BCUT2D eigenvalue weighted by atomic mass is 10.3. The smallest absolute Gasteiger partial charge is 0.350 e. The largest absolute Gasteiger partial charge is 0.466 e. The van der Waals surface area contributed by atoms with Crippen molar-refractivity contribution in [3.63, 3.8) is 0 Å². The highest BCUT2D eigenvalue weighted by Crippen LogP contribution is 2.36. The van der Waals surface area contributed by atoms with Crippen LogP contribution in [0.2, 0.25) is 0 Å². The monoisotopic (exact) mass is 266 g/mol. The van der Waals surface area contributed by atoms with Crippen LogP contribution < -0.4 is 0 Å². The van der Waals surface area contributed by atoms with Gasteiger partial charge in [-0.3, -0.25) is 0 Å². The molecule has 1 atom stereocenters. The molecule has 0 aliphatic heterocycles. The molecule has 5 nitrogen and oxygen atoms in total. The third-order valence-corrected chi connectivity index (χ3v) is 0.687. The van der Waals surface area contributed by atoms with Crippen molar-refractivity contribution in [1.82, 2.24) is 0 Å². The molecule has 1 unspecified atom stereocenters. The summed E-state index contributed by atoms with van der Waals surface area (Å²) in [4.78, 5) is 21.6. The molecule has 0 bridgehead atoms. The first-order chi connectivity index (χ1) is 6.19.